The molecule has 2 aliphatic rings. The Labute approximate surface area is 140 Å². The second-order valence-electron chi connectivity index (χ2n) is 6.24. The van der Waals surface area contributed by atoms with Crippen molar-refractivity contribution < 1.29 is 14.3 Å². The van der Waals surface area contributed by atoms with Crippen LogP contribution in [0.15, 0.2) is 30.5 Å². The molecule has 1 aromatic heterocycles. The molecule has 1 fully saturated rings. The zero-order valence-electron chi connectivity index (χ0n) is 13.6. The van der Waals surface area contributed by atoms with Crippen molar-refractivity contribution in [3.05, 3.63) is 41.7 Å². The molecular weight excluding hydrogens is 308 g/mol. The van der Waals surface area contributed by atoms with Gasteiger partial charge in [-0.1, -0.05) is 17.3 Å². The van der Waals surface area contributed by atoms with Crippen molar-refractivity contribution in [3.8, 4) is 5.75 Å². The maximum absolute atomic E-state index is 12.7. The molecule has 0 spiro atoms. The van der Waals surface area contributed by atoms with Gasteiger partial charge in [-0.25, -0.2) is 4.68 Å². The van der Waals surface area contributed by atoms with Crippen LogP contribution in [0.2, 0.25) is 0 Å². The van der Waals surface area contributed by atoms with E-state index in [4.69, 9.17) is 9.47 Å². The average molecular weight is 328 g/mol. The lowest BCUT2D eigenvalue weighted by Crippen LogP contribution is -2.50. The maximum atomic E-state index is 12.7. The second-order valence-corrected chi connectivity index (χ2v) is 6.24. The predicted octanol–water partition coefficient (Wildman–Crippen LogP) is 1.20. The molecule has 0 N–H and O–H groups in total. The molecule has 7 heteroatoms. The zero-order valence-corrected chi connectivity index (χ0v) is 13.6. The molecule has 0 radical (unpaired) electrons. The lowest BCUT2D eigenvalue weighted by Gasteiger charge is -2.41. The van der Waals surface area contributed by atoms with E-state index in [1.165, 1.54) is 0 Å². The fourth-order valence-electron chi connectivity index (χ4n) is 3.47. The molecule has 1 amide bonds. The van der Waals surface area contributed by atoms with Gasteiger partial charge in [-0.2, -0.15) is 0 Å². The average Bonchev–Trinajstić information content (AvgIpc) is 3.10. The number of hydrogen-bond donors (Lipinski definition) is 0. The van der Waals surface area contributed by atoms with E-state index in [2.05, 4.69) is 10.3 Å². The summed E-state index contributed by atoms with van der Waals surface area (Å²) >= 11 is 0. The number of piperidine rings is 1. The van der Waals surface area contributed by atoms with Crippen molar-refractivity contribution in [1.82, 2.24) is 19.9 Å². The third-order valence-corrected chi connectivity index (χ3v) is 4.77. The highest BCUT2D eigenvalue weighted by molar-refractivity contribution is 5.79. The van der Waals surface area contributed by atoms with Gasteiger partial charge in [0.2, 0.25) is 5.91 Å². The van der Waals surface area contributed by atoms with Crippen LogP contribution in [-0.2, 0) is 22.6 Å². The van der Waals surface area contributed by atoms with E-state index >= 15 is 0 Å². The Kier molecular flexibility index (Phi) is 3.93. The zero-order chi connectivity index (χ0) is 16.5. The van der Waals surface area contributed by atoms with Crippen molar-refractivity contribution in [1.29, 1.82) is 0 Å². The van der Waals surface area contributed by atoms with Crippen LogP contribution < -0.4 is 4.74 Å². The number of amides is 1. The van der Waals surface area contributed by atoms with Gasteiger partial charge < -0.3 is 14.4 Å². The quantitative estimate of drug-likeness (QED) is 0.847. The van der Waals surface area contributed by atoms with E-state index < -0.39 is 0 Å². The number of methoxy groups -OCH3 is 1. The molecular formula is C17H20N4O3. The Morgan fingerprint density at radius 3 is 3.25 bits per heavy atom. The molecule has 2 aliphatic heterocycles. The smallest absolute Gasteiger partial charge is 0.227 e. The monoisotopic (exact) mass is 328 g/mol. The number of ether oxygens (including phenoxy) is 2. The highest BCUT2D eigenvalue weighted by Gasteiger charge is 2.37. The Bertz CT molecular complexity index is 745. The number of aromatic nitrogens is 3. The minimum Gasteiger partial charge on any atom is -0.497 e. The maximum Gasteiger partial charge on any atom is 0.227 e. The standard InChI is InChI=1S/C17H20N4O3/c1-23-14-4-2-3-12(7-14)8-17(22)20-6-5-16-15(10-20)21-13(11-24-16)9-18-19-21/h2-4,7,9,15-16H,5-6,8,10-11H2,1H3/t15-,16-/m0/s1. The summed E-state index contributed by atoms with van der Waals surface area (Å²) in [4.78, 5) is 14.6. The van der Waals surface area contributed by atoms with Gasteiger partial charge in [0.1, 0.15) is 5.75 Å². The Morgan fingerprint density at radius 1 is 1.46 bits per heavy atom. The van der Waals surface area contributed by atoms with Crippen molar-refractivity contribution in [2.24, 2.45) is 0 Å². The second kappa shape index (κ2) is 6.24. The molecule has 126 valence electrons. The number of hydrogen-bond acceptors (Lipinski definition) is 5. The summed E-state index contributed by atoms with van der Waals surface area (Å²) in [6, 6.07) is 7.70. The highest BCUT2D eigenvalue weighted by Crippen LogP contribution is 2.30. The number of rotatable bonds is 3. The third kappa shape index (κ3) is 2.75. The van der Waals surface area contributed by atoms with Crippen molar-refractivity contribution in [2.75, 3.05) is 20.2 Å². The van der Waals surface area contributed by atoms with Gasteiger partial charge in [-0.3, -0.25) is 4.79 Å². The third-order valence-electron chi connectivity index (χ3n) is 4.77. The van der Waals surface area contributed by atoms with Crippen LogP contribution in [0, 0.1) is 0 Å². The SMILES string of the molecule is COc1cccc(CC(=O)N2CC[C@@H]3OCc4cnnn4[C@H]3C2)c1. The number of carbonyl (C=O) groups is 1. The molecule has 3 heterocycles. The fourth-order valence-corrected chi connectivity index (χ4v) is 3.47. The molecule has 4 rings (SSSR count). The summed E-state index contributed by atoms with van der Waals surface area (Å²) in [6.45, 7) is 1.88. The van der Waals surface area contributed by atoms with Crippen LogP contribution >= 0.6 is 0 Å². The van der Waals surface area contributed by atoms with Gasteiger partial charge in [0.25, 0.3) is 0 Å². The van der Waals surface area contributed by atoms with Gasteiger partial charge in [-0.05, 0) is 24.1 Å². The van der Waals surface area contributed by atoms with Crippen LogP contribution in [0.5, 0.6) is 5.75 Å². The predicted molar refractivity (Wildman–Crippen MR) is 85.5 cm³/mol. The van der Waals surface area contributed by atoms with Crippen molar-refractivity contribution in [3.63, 3.8) is 0 Å². The van der Waals surface area contributed by atoms with Crippen LogP contribution in [0.3, 0.4) is 0 Å². The first kappa shape index (κ1) is 15.1. The number of benzene rings is 1. The first-order chi connectivity index (χ1) is 11.7. The molecule has 0 aliphatic carbocycles. The lowest BCUT2D eigenvalue weighted by molar-refractivity contribution is -0.137. The Morgan fingerprint density at radius 2 is 2.38 bits per heavy atom. The summed E-state index contributed by atoms with van der Waals surface area (Å²) in [5.74, 6) is 0.890. The van der Waals surface area contributed by atoms with E-state index in [-0.39, 0.29) is 18.1 Å². The minimum absolute atomic E-state index is 0.0549. The summed E-state index contributed by atoms with van der Waals surface area (Å²) < 4.78 is 13.0. The normalized spacial score (nSPS) is 22.6. The molecule has 2 atom stereocenters. The van der Waals surface area contributed by atoms with E-state index in [0.29, 0.717) is 26.1 Å². The van der Waals surface area contributed by atoms with Crippen LogP contribution in [0.25, 0.3) is 0 Å². The number of carbonyl (C=O) groups excluding carboxylic acids is 1. The number of fused-ring (bicyclic) bond motifs is 3. The Hall–Kier alpha value is -2.41. The van der Waals surface area contributed by atoms with Gasteiger partial charge >= 0.3 is 0 Å². The van der Waals surface area contributed by atoms with E-state index in [9.17, 15) is 4.79 Å². The van der Waals surface area contributed by atoms with Gasteiger partial charge in [0, 0.05) is 13.1 Å². The Balaban J connectivity index is 1.47. The first-order valence-corrected chi connectivity index (χ1v) is 8.16. The van der Waals surface area contributed by atoms with Crippen LogP contribution in [-0.4, -0.2) is 52.1 Å². The molecule has 0 saturated carbocycles. The highest BCUT2D eigenvalue weighted by atomic mass is 16.5. The van der Waals surface area contributed by atoms with Crippen molar-refractivity contribution >= 4 is 5.91 Å². The summed E-state index contributed by atoms with van der Waals surface area (Å²) in [6.07, 6.45) is 3.04. The summed E-state index contributed by atoms with van der Waals surface area (Å²) in [5, 5.41) is 8.14. The molecule has 0 unspecified atom stereocenters. The van der Waals surface area contributed by atoms with Gasteiger partial charge in [0.05, 0.1) is 44.2 Å². The van der Waals surface area contributed by atoms with Crippen LogP contribution in [0.4, 0.5) is 0 Å². The van der Waals surface area contributed by atoms with E-state index in [1.54, 1.807) is 13.3 Å². The van der Waals surface area contributed by atoms with E-state index in [1.807, 2.05) is 33.8 Å². The van der Waals surface area contributed by atoms with Crippen LogP contribution in [0.1, 0.15) is 23.7 Å². The summed E-state index contributed by atoms with van der Waals surface area (Å²) in [7, 11) is 1.63. The largest absolute Gasteiger partial charge is 0.497 e. The van der Waals surface area contributed by atoms with E-state index in [0.717, 1.165) is 23.4 Å². The molecule has 1 saturated heterocycles. The molecule has 7 nitrogen and oxygen atoms in total. The fraction of sp³-hybridized carbons (Fsp3) is 0.471. The molecule has 24 heavy (non-hydrogen) atoms. The molecule has 0 bridgehead atoms. The molecule has 1 aromatic carbocycles. The number of likely N-dealkylation sites (tertiary alicyclic amines) is 1. The first-order valence-electron chi connectivity index (χ1n) is 8.16. The van der Waals surface area contributed by atoms with Gasteiger partial charge in [0.15, 0.2) is 0 Å². The minimum atomic E-state index is 0.0549. The lowest BCUT2D eigenvalue weighted by atomic mass is 9.99. The van der Waals surface area contributed by atoms with Gasteiger partial charge in [-0.15, -0.1) is 5.10 Å². The molecule has 2 aromatic rings. The summed E-state index contributed by atoms with van der Waals surface area (Å²) in [5.41, 5.74) is 1.93. The topological polar surface area (TPSA) is 69.5 Å². The number of nitrogens with zero attached hydrogens (tertiary/aromatic N) is 4. The van der Waals surface area contributed by atoms with Crippen molar-refractivity contribution in [2.45, 2.75) is 31.6 Å².